The van der Waals surface area contributed by atoms with E-state index in [2.05, 4.69) is 38.5 Å². The van der Waals surface area contributed by atoms with Crippen LogP contribution in [-0.2, 0) is 4.74 Å². The lowest BCUT2D eigenvalue weighted by molar-refractivity contribution is -0.0309. The van der Waals surface area contributed by atoms with Crippen molar-refractivity contribution in [3.63, 3.8) is 0 Å². The van der Waals surface area contributed by atoms with E-state index in [-0.39, 0.29) is 12.1 Å². The Bertz CT molecular complexity index is 1320. The number of nitrogens with two attached hydrogens (primary N) is 1. The Labute approximate surface area is 187 Å². The highest BCUT2D eigenvalue weighted by Crippen LogP contribution is 2.55. The Hall–Kier alpha value is -2.79. The van der Waals surface area contributed by atoms with Crippen molar-refractivity contribution in [1.29, 1.82) is 0 Å². The second-order valence-corrected chi connectivity index (χ2v) is 9.82. The molecular weight excluding hydrogens is 428 g/mol. The summed E-state index contributed by atoms with van der Waals surface area (Å²) in [6.07, 6.45) is 2.52. The number of aliphatic hydroxyl groups excluding tert-OH is 2. The number of hydrogen-bond acceptors (Lipinski definition) is 9. The Morgan fingerprint density at radius 3 is 2.97 bits per heavy atom. The first kappa shape index (κ1) is 19.9. The summed E-state index contributed by atoms with van der Waals surface area (Å²) in [7, 11) is 1.86. The Balaban J connectivity index is 1.29. The van der Waals surface area contributed by atoms with Crippen LogP contribution in [-0.4, -0.2) is 55.6 Å². The largest absolute Gasteiger partial charge is 0.390 e. The first-order valence-corrected chi connectivity index (χ1v) is 11.4. The van der Waals surface area contributed by atoms with Crippen molar-refractivity contribution in [2.75, 3.05) is 24.7 Å². The van der Waals surface area contributed by atoms with E-state index in [9.17, 15) is 10.2 Å². The van der Waals surface area contributed by atoms with E-state index in [1.165, 1.54) is 6.33 Å². The summed E-state index contributed by atoms with van der Waals surface area (Å²) in [5.74, 6) is 0.402. The normalized spacial score (nSPS) is 30.1. The molecule has 5 N–H and O–H groups in total. The van der Waals surface area contributed by atoms with Gasteiger partial charge in [-0.05, 0) is 36.6 Å². The van der Waals surface area contributed by atoms with Crippen LogP contribution >= 0.6 is 11.3 Å². The molecule has 10 heteroatoms. The fourth-order valence-corrected chi connectivity index (χ4v) is 6.12. The molecule has 0 bridgehead atoms. The first-order valence-electron chi connectivity index (χ1n) is 10.6. The maximum absolute atomic E-state index is 11.1. The van der Waals surface area contributed by atoms with Crippen LogP contribution in [0.5, 0.6) is 0 Å². The molecule has 1 spiro atoms. The van der Waals surface area contributed by atoms with E-state index in [4.69, 9.17) is 10.5 Å². The molecule has 4 heterocycles. The van der Waals surface area contributed by atoms with E-state index >= 15 is 0 Å². The van der Waals surface area contributed by atoms with Gasteiger partial charge in [0.1, 0.15) is 23.9 Å². The molecule has 3 aromatic heterocycles. The molecule has 2 fully saturated rings. The average molecular weight is 453 g/mol. The van der Waals surface area contributed by atoms with Gasteiger partial charge in [0.05, 0.1) is 40.5 Å². The molecule has 32 heavy (non-hydrogen) atoms. The molecular formula is C22H24N6O3S. The van der Waals surface area contributed by atoms with E-state index in [1.807, 2.05) is 23.9 Å². The molecule has 0 unspecified atom stereocenters. The SMILES string of the molecule is CNc1nc2cc([C@H]3C[C@@]4(CO3)C[C@@H](n3ccc5c(N)ncnc53)[C@H](O)[C@@H]4O)ccc2s1. The zero-order valence-electron chi connectivity index (χ0n) is 17.5. The summed E-state index contributed by atoms with van der Waals surface area (Å²) >= 11 is 1.61. The Kier molecular flexibility index (Phi) is 4.41. The lowest BCUT2D eigenvalue weighted by Gasteiger charge is -2.26. The monoisotopic (exact) mass is 452 g/mol. The van der Waals surface area contributed by atoms with Crippen molar-refractivity contribution < 1.29 is 14.9 Å². The predicted molar refractivity (Wildman–Crippen MR) is 123 cm³/mol. The predicted octanol–water partition coefficient (Wildman–Crippen LogP) is 2.48. The summed E-state index contributed by atoms with van der Waals surface area (Å²) < 4.78 is 9.20. The van der Waals surface area contributed by atoms with E-state index in [0.717, 1.165) is 26.3 Å². The number of hydrogen-bond donors (Lipinski definition) is 4. The topological polar surface area (TPSA) is 131 Å². The van der Waals surface area contributed by atoms with Gasteiger partial charge in [-0.25, -0.2) is 15.0 Å². The second-order valence-electron chi connectivity index (χ2n) is 8.79. The van der Waals surface area contributed by atoms with Crippen molar-refractivity contribution in [2.24, 2.45) is 5.41 Å². The number of nitrogen functional groups attached to an aromatic ring is 1. The number of benzene rings is 1. The Morgan fingerprint density at radius 1 is 1.25 bits per heavy atom. The van der Waals surface area contributed by atoms with Crippen LogP contribution < -0.4 is 11.1 Å². The lowest BCUT2D eigenvalue weighted by atomic mass is 9.80. The molecule has 1 aliphatic heterocycles. The van der Waals surface area contributed by atoms with Gasteiger partial charge in [-0.2, -0.15) is 0 Å². The summed E-state index contributed by atoms with van der Waals surface area (Å²) in [5, 5.41) is 26.8. The van der Waals surface area contributed by atoms with Crippen molar-refractivity contribution in [3.8, 4) is 0 Å². The van der Waals surface area contributed by atoms with Crippen LogP contribution in [0.3, 0.4) is 0 Å². The number of nitrogens with zero attached hydrogens (tertiary/aromatic N) is 4. The van der Waals surface area contributed by atoms with Crippen molar-refractivity contribution in [1.82, 2.24) is 19.5 Å². The summed E-state index contributed by atoms with van der Waals surface area (Å²) in [4.78, 5) is 13.0. The maximum atomic E-state index is 11.1. The van der Waals surface area contributed by atoms with Crippen LogP contribution in [0.2, 0.25) is 0 Å². The number of thiazole rings is 1. The minimum atomic E-state index is -0.927. The molecule has 1 aliphatic carbocycles. The third-order valence-corrected chi connectivity index (χ3v) is 8.07. The van der Waals surface area contributed by atoms with E-state index in [1.54, 1.807) is 11.3 Å². The third-order valence-electron chi connectivity index (χ3n) is 7.02. The number of fused-ring (bicyclic) bond motifs is 2. The number of rotatable bonds is 3. The van der Waals surface area contributed by atoms with Gasteiger partial charge < -0.3 is 30.6 Å². The van der Waals surface area contributed by atoms with Gasteiger partial charge in [0, 0.05) is 18.7 Å². The van der Waals surface area contributed by atoms with Crippen molar-refractivity contribution in [2.45, 2.75) is 37.2 Å². The van der Waals surface area contributed by atoms with Crippen LogP contribution in [0.4, 0.5) is 10.9 Å². The number of anilines is 2. The fraction of sp³-hybridized carbons (Fsp3) is 0.409. The number of ether oxygens (including phenoxy) is 1. The summed E-state index contributed by atoms with van der Waals surface area (Å²) in [5.41, 5.74) is 8.08. The molecule has 0 amide bonds. The van der Waals surface area contributed by atoms with Gasteiger partial charge in [-0.1, -0.05) is 17.4 Å². The van der Waals surface area contributed by atoms with E-state index in [0.29, 0.717) is 30.9 Å². The minimum absolute atomic E-state index is 0.154. The molecule has 6 rings (SSSR count). The molecule has 2 aliphatic rings. The van der Waals surface area contributed by atoms with Crippen LogP contribution in [0.1, 0.15) is 30.6 Å². The van der Waals surface area contributed by atoms with Crippen molar-refractivity contribution >= 4 is 43.5 Å². The van der Waals surface area contributed by atoms with Crippen LogP contribution in [0.25, 0.3) is 21.3 Å². The molecule has 166 valence electrons. The van der Waals surface area contributed by atoms with Gasteiger partial charge in [0.2, 0.25) is 0 Å². The first-order chi connectivity index (χ1) is 15.5. The molecule has 0 radical (unpaired) electrons. The lowest BCUT2D eigenvalue weighted by Crippen LogP contribution is -2.37. The number of nitrogens with one attached hydrogen (secondary N) is 1. The van der Waals surface area contributed by atoms with E-state index < -0.39 is 17.6 Å². The van der Waals surface area contributed by atoms with Crippen LogP contribution in [0.15, 0.2) is 36.8 Å². The summed E-state index contributed by atoms with van der Waals surface area (Å²) in [6, 6.07) is 7.72. The molecule has 1 saturated heterocycles. The summed E-state index contributed by atoms with van der Waals surface area (Å²) in [6.45, 7) is 0.388. The number of aliphatic hydroxyl groups is 2. The standard InChI is InChI=1S/C22H24N6O3S/c1-24-21-27-13-6-11(2-3-16(13)32-21)15-8-22(9-31-15)7-14(17(29)18(22)30)28-5-4-12-19(23)25-10-26-20(12)28/h2-6,10,14-15,17-18,29-30H,7-9H2,1H3,(H,24,27)(H2,23,25,26)/t14-,15-,17+,18+,22-/m1/s1. The highest BCUT2D eigenvalue weighted by molar-refractivity contribution is 7.22. The van der Waals surface area contributed by atoms with Gasteiger partial charge >= 0.3 is 0 Å². The highest BCUT2D eigenvalue weighted by atomic mass is 32.1. The molecule has 4 aromatic rings. The quantitative estimate of drug-likeness (QED) is 0.373. The average Bonchev–Trinajstić information content (AvgIpc) is 3.56. The van der Waals surface area contributed by atoms with Crippen LogP contribution in [0, 0.1) is 5.41 Å². The zero-order valence-corrected chi connectivity index (χ0v) is 18.3. The third kappa shape index (κ3) is 2.83. The smallest absolute Gasteiger partial charge is 0.183 e. The van der Waals surface area contributed by atoms with Crippen molar-refractivity contribution in [3.05, 3.63) is 42.4 Å². The van der Waals surface area contributed by atoms with Gasteiger partial charge in [-0.15, -0.1) is 0 Å². The maximum Gasteiger partial charge on any atom is 0.183 e. The molecule has 5 atom stereocenters. The second kappa shape index (κ2) is 7.11. The zero-order chi connectivity index (χ0) is 22.0. The molecule has 1 aromatic carbocycles. The molecule has 9 nitrogen and oxygen atoms in total. The molecule has 1 saturated carbocycles. The Morgan fingerprint density at radius 2 is 2.12 bits per heavy atom. The minimum Gasteiger partial charge on any atom is -0.390 e. The number of aromatic nitrogens is 4. The van der Waals surface area contributed by atoms with Gasteiger partial charge in [-0.3, -0.25) is 0 Å². The van der Waals surface area contributed by atoms with Gasteiger partial charge in [0.15, 0.2) is 5.13 Å². The fourth-order valence-electron chi connectivity index (χ4n) is 5.32. The highest BCUT2D eigenvalue weighted by Gasteiger charge is 2.57. The van der Waals surface area contributed by atoms with Gasteiger partial charge in [0.25, 0.3) is 0 Å².